The fourth-order valence-electron chi connectivity index (χ4n) is 2.66. The minimum atomic E-state index is -0.476. The average molecular weight is 377 g/mol. The lowest BCUT2D eigenvalue weighted by Gasteiger charge is -2.11. The SMILES string of the molecule is C#CCCCCOc1cccc(CNC(=O)c2ccc3ncccc3n2)c1F. The van der Waals surface area contributed by atoms with E-state index in [1.807, 2.05) is 0 Å². The lowest BCUT2D eigenvalue weighted by atomic mass is 10.2. The maximum absolute atomic E-state index is 14.6. The summed E-state index contributed by atoms with van der Waals surface area (Å²) >= 11 is 0. The molecule has 6 heteroatoms. The van der Waals surface area contributed by atoms with Gasteiger partial charge in [0, 0.05) is 24.7 Å². The maximum Gasteiger partial charge on any atom is 0.270 e. The predicted molar refractivity (Wildman–Crippen MR) is 105 cm³/mol. The molecule has 2 aromatic heterocycles. The number of terminal acetylenes is 1. The molecule has 0 radical (unpaired) electrons. The van der Waals surface area contributed by atoms with E-state index in [2.05, 4.69) is 21.2 Å². The highest BCUT2D eigenvalue weighted by atomic mass is 19.1. The van der Waals surface area contributed by atoms with Crippen LogP contribution in [0.15, 0.2) is 48.7 Å². The van der Waals surface area contributed by atoms with Gasteiger partial charge in [0.15, 0.2) is 11.6 Å². The van der Waals surface area contributed by atoms with Gasteiger partial charge in [-0.1, -0.05) is 12.1 Å². The number of hydrogen-bond acceptors (Lipinski definition) is 4. The number of aromatic nitrogens is 2. The molecule has 0 spiro atoms. The molecule has 5 nitrogen and oxygen atoms in total. The Kier molecular flexibility index (Phi) is 6.53. The van der Waals surface area contributed by atoms with Crippen molar-refractivity contribution in [2.75, 3.05) is 6.61 Å². The van der Waals surface area contributed by atoms with Crippen molar-refractivity contribution in [2.45, 2.75) is 25.8 Å². The normalized spacial score (nSPS) is 10.4. The van der Waals surface area contributed by atoms with Crippen LogP contribution in [0.4, 0.5) is 4.39 Å². The van der Waals surface area contributed by atoms with Gasteiger partial charge < -0.3 is 10.1 Å². The van der Waals surface area contributed by atoms with Crippen molar-refractivity contribution in [1.82, 2.24) is 15.3 Å². The van der Waals surface area contributed by atoms with Crippen molar-refractivity contribution >= 4 is 16.9 Å². The summed E-state index contributed by atoms with van der Waals surface area (Å²) in [7, 11) is 0. The molecule has 142 valence electrons. The van der Waals surface area contributed by atoms with Crippen molar-refractivity contribution in [1.29, 1.82) is 0 Å². The van der Waals surface area contributed by atoms with Crippen LogP contribution in [0.2, 0.25) is 0 Å². The zero-order valence-corrected chi connectivity index (χ0v) is 15.3. The fourth-order valence-corrected chi connectivity index (χ4v) is 2.66. The summed E-state index contributed by atoms with van der Waals surface area (Å²) in [5.74, 6) is 1.87. The van der Waals surface area contributed by atoms with E-state index in [0.29, 0.717) is 29.6 Å². The lowest BCUT2D eigenvalue weighted by molar-refractivity contribution is 0.0946. The first kappa shape index (κ1) is 19.3. The summed E-state index contributed by atoms with van der Waals surface area (Å²) in [5.41, 5.74) is 1.93. The molecule has 0 saturated heterocycles. The van der Waals surface area contributed by atoms with E-state index in [4.69, 9.17) is 11.2 Å². The number of rotatable bonds is 8. The predicted octanol–water partition coefficient (Wildman–Crippen LogP) is 3.88. The molecule has 3 aromatic rings. The van der Waals surface area contributed by atoms with Crippen LogP contribution < -0.4 is 10.1 Å². The number of hydrogen-bond donors (Lipinski definition) is 1. The summed E-state index contributed by atoms with van der Waals surface area (Å²) in [6, 6.07) is 11.7. The van der Waals surface area contributed by atoms with E-state index in [9.17, 15) is 9.18 Å². The highest BCUT2D eigenvalue weighted by Crippen LogP contribution is 2.21. The molecule has 3 rings (SSSR count). The van der Waals surface area contributed by atoms with Gasteiger partial charge in [0.25, 0.3) is 5.91 Å². The molecule has 0 saturated carbocycles. The Balaban J connectivity index is 1.61. The van der Waals surface area contributed by atoms with Crippen molar-refractivity contribution in [3.05, 3.63) is 65.7 Å². The Morgan fingerprint density at radius 2 is 2.04 bits per heavy atom. The van der Waals surface area contributed by atoms with Crippen LogP contribution in [0.1, 0.15) is 35.3 Å². The minimum absolute atomic E-state index is 0.0334. The standard InChI is InChI=1S/C22H20FN3O2/c1-2-3-4-5-14-28-20-10-6-8-16(21(20)23)15-25-22(27)19-12-11-17-18(26-19)9-7-13-24-17/h1,6-13H,3-5,14-15H2,(H,25,27). The van der Waals surface area contributed by atoms with Crippen LogP contribution in [-0.4, -0.2) is 22.5 Å². The molecule has 0 atom stereocenters. The van der Waals surface area contributed by atoms with Crippen molar-refractivity contribution < 1.29 is 13.9 Å². The number of carbonyl (C=O) groups is 1. The van der Waals surface area contributed by atoms with Gasteiger partial charge in [0.05, 0.1) is 17.6 Å². The Hall–Kier alpha value is -3.46. The monoisotopic (exact) mass is 377 g/mol. The second kappa shape index (κ2) is 9.47. The number of ether oxygens (including phenoxy) is 1. The van der Waals surface area contributed by atoms with Gasteiger partial charge >= 0.3 is 0 Å². The van der Waals surface area contributed by atoms with E-state index >= 15 is 0 Å². The number of benzene rings is 1. The number of halogens is 1. The van der Waals surface area contributed by atoms with Crippen LogP contribution in [0, 0.1) is 18.2 Å². The number of pyridine rings is 2. The smallest absolute Gasteiger partial charge is 0.270 e. The van der Waals surface area contributed by atoms with Crippen LogP contribution in [0.25, 0.3) is 11.0 Å². The second-order valence-corrected chi connectivity index (χ2v) is 6.16. The highest BCUT2D eigenvalue weighted by Gasteiger charge is 2.12. The van der Waals surface area contributed by atoms with E-state index in [1.54, 1.807) is 48.7 Å². The van der Waals surface area contributed by atoms with Gasteiger partial charge in [0.1, 0.15) is 5.69 Å². The van der Waals surface area contributed by atoms with Gasteiger partial charge in [-0.05, 0) is 43.2 Å². The Morgan fingerprint density at radius 1 is 1.14 bits per heavy atom. The van der Waals surface area contributed by atoms with Gasteiger partial charge in [-0.15, -0.1) is 12.3 Å². The molecule has 2 heterocycles. The topological polar surface area (TPSA) is 64.1 Å². The molecule has 1 N–H and O–H groups in total. The Bertz CT molecular complexity index is 1010. The maximum atomic E-state index is 14.6. The van der Waals surface area contributed by atoms with E-state index in [0.717, 1.165) is 12.8 Å². The third kappa shape index (κ3) is 4.83. The number of nitrogens with zero attached hydrogens (tertiary/aromatic N) is 2. The highest BCUT2D eigenvalue weighted by molar-refractivity contribution is 5.94. The van der Waals surface area contributed by atoms with E-state index in [-0.39, 0.29) is 23.9 Å². The number of amides is 1. The van der Waals surface area contributed by atoms with Crippen molar-refractivity contribution in [3.63, 3.8) is 0 Å². The van der Waals surface area contributed by atoms with Gasteiger partial charge in [-0.25, -0.2) is 9.37 Å². The van der Waals surface area contributed by atoms with E-state index < -0.39 is 5.82 Å². The van der Waals surface area contributed by atoms with Gasteiger partial charge in [-0.2, -0.15) is 0 Å². The molecule has 0 aliphatic carbocycles. The minimum Gasteiger partial charge on any atom is -0.491 e. The summed E-state index contributed by atoms with van der Waals surface area (Å²) in [4.78, 5) is 20.8. The second-order valence-electron chi connectivity index (χ2n) is 6.16. The zero-order valence-electron chi connectivity index (χ0n) is 15.3. The third-order valence-electron chi connectivity index (χ3n) is 4.14. The molecular formula is C22H20FN3O2. The third-order valence-corrected chi connectivity index (χ3v) is 4.14. The molecule has 28 heavy (non-hydrogen) atoms. The molecule has 0 aliphatic rings. The van der Waals surface area contributed by atoms with Gasteiger partial charge in [-0.3, -0.25) is 9.78 Å². The van der Waals surface area contributed by atoms with Crippen LogP contribution >= 0.6 is 0 Å². The first-order valence-electron chi connectivity index (χ1n) is 9.02. The molecular weight excluding hydrogens is 357 g/mol. The van der Waals surface area contributed by atoms with Crippen LogP contribution in [0.3, 0.4) is 0 Å². The van der Waals surface area contributed by atoms with Crippen LogP contribution in [-0.2, 0) is 6.54 Å². The molecule has 0 bridgehead atoms. The van der Waals surface area contributed by atoms with Gasteiger partial charge in [0.2, 0.25) is 0 Å². The Morgan fingerprint density at radius 3 is 2.89 bits per heavy atom. The number of unbranched alkanes of at least 4 members (excludes halogenated alkanes) is 2. The number of carbonyl (C=O) groups excluding carboxylic acids is 1. The Labute approximate surface area is 163 Å². The molecule has 1 aromatic carbocycles. The van der Waals surface area contributed by atoms with Crippen LogP contribution in [0.5, 0.6) is 5.75 Å². The largest absolute Gasteiger partial charge is 0.491 e. The lowest BCUT2D eigenvalue weighted by Crippen LogP contribution is -2.24. The quantitative estimate of drug-likeness (QED) is 0.478. The summed E-state index contributed by atoms with van der Waals surface area (Å²) < 4.78 is 20.1. The first-order chi connectivity index (χ1) is 13.7. The molecule has 0 unspecified atom stereocenters. The summed E-state index contributed by atoms with van der Waals surface area (Å²) in [5, 5.41) is 2.69. The first-order valence-corrected chi connectivity index (χ1v) is 9.02. The molecule has 1 amide bonds. The summed E-state index contributed by atoms with van der Waals surface area (Å²) in [6.45, 7) is 0.426. The molecule has 0 aliphatic heterocycles. The van der Waals surface area contributed by atoms with Crippen molar-refractivity contribution in [2.24, 2.45) is 0 Å². The van der Waals surface area contributed by atoms with E-state index in [1.165, 1.54) is 0 Å². The number of nitrogens with one attached hydrogen (secondary N) is 1. The molecule has 0 fully saturated rings. The van der Waals surface area contributed by atoms with Crippen molar-refractivity contribution in [3.8, 4) is 18.1 Å². The fraction of sp³-hybridized carbons (Fsp3) is 0.227. The number of fused-ring (bicyclic) bond motifs is 1. The summed E-state index contributed by atoms with van der Waals surface area (Å²) in [6.07, 6.45) is 9.13. The average Bonchev–Trinajstić information content (AvgIpc) is 2.73. The zero-order chi connectivity index (χ0) is 19.8.